The zero-order valence-electron chi connectivity index (χ0n) is 8.72. The van der Waals surface area contributed by atoms with E-state index >= 15 is 0 Å². The number of benzene rings is 1. The van der Waals surface area contributed by atoms with E-state index in [4.69, 9.17) is 23.2 Å². The number of nitrogens with one attached hydrogen (secondary N) is 1. The lowest BCUT2D eigenvalue weighted by atomic mass is 10.2. The van der Waals surface area contributed by atoms with Crippen molar-refractivity contribution in [2.75, 3.05) is 0 Å². The predicted octanol–water partition coefficient (Wildman–Crippen LogP) is 3.81. The summed E-state index contributed by atoms with van der Waals surface area (Å²) in [4.78, 5) is 18.5. The van der Waals surface area contributed by atoms with Crippen LogP contribution in [0.1, 0.15) is 5.69 Å². The fourth-order valence-corrected chi connectivity index (χ4v) is 1.96. The highest BCUT2D eigenvalue weighted by molar-refractivity contribution is 9.10. The number of halogens is 3. The number of hydrogen-bond donors (Lipinski definition) is 1. The van der Waals surface area contributed by atoms with E-state index in [0.29, 0.717) is 31.6 Å². The van der Waals surface area contributed by atoms with Crippen molar-refractivity contribution in [3.05, 3.63) is 48.8 Å². The molecule has 0 radical (unpaired) electrons. The Bertz CT molecular complexity index is 640. The van der Waals surface area contributed by atoms with Gasteiger partial charge in [0.1, 0.15) is 10.3 Å². The molecule has 2 aromatic rings. The van der Waals surface area contributed by atoms with Gasteiger partial charge in [0.15, 0.2) is 0 Å². The van der Waals surface area contributed by atoms with Gasteiger partial charge in [0.25, 0.3) is 5.56 Å². The zero-order valence-corrected chi connectivity index (χ0v) is 11.8. The lowest BCUT2D eigenvalue weighted by molar-refractivity contribution is 1.05. The van der Waals surface area contributed by atoms with E-state index in [9.17, 15) is 4.79 Å². The molecule has 0 atom stereocenters. The Hall–Kier alpha value is -0.840. The molecule has 0 aliphatic carbocycles. The Morgan fingerprint density at radius 1 is 1.35 bits per heavy atom. The van der Waals surface area contributed by atoms with Crippen LogP contribution < -0.4 is 5.56 Å². The first-order valence-electron chi connectivity index (χ1n) is 4.71. The molecule has 1 N–H and O–H groups in total. The molecule has 17 heavy (non-hydrogen) atoms. The molecule has 0 saturated heterocycles. The zero-order chi connectivity index (χ0) is 12.6. The minimum absolute atomic E-state index is 0.247. The molecule has 0 unspecified atom stereocenters. The van der Waals surface area contributed by atoms with Gasteiger partial charge in [0, 0.05) is 5.56 Å². The Kier molecular flexibility index (Phi) is 3.56. The number of nitrogens with zero attached hydrogens (tertiary/aromatic N) is 1. The summed E-state index contributed by atoms with van der Waals surface area (Å²) >= 11 is 15.1. The van der Waals surface area contributed by atoms with Crippen molar-refractivity contribution in [2.45, 2.75) is 6.92 Å². The predicted molar refractivity (Wildman–Crippen MR) is 72.8 cm³/mol. The fraction of sp³-hybridized carbons (Fsp3) is 0.0909. The molecule has 0 aliphatic rings. The smallest absolute Gasteiger partial charge is 0.265 e. The molecule has 1 aromatic carbocycles. The van der Waals surface area contributed by atoms with E-state index in [2.05, 4.69) is 25.9 Å². The Morgan fingerprint density at radius 3 is 2.71 bits per heavy atom. The van der Waals surface area contributed by atoms with Crippen LogP contribution >= 0.6 is 39.1 Å². The average Bonchev–Trinajstić information content (AvgIpc) is 2.29. The lowest BCUT2D eigenvalue weighted by Gasteiger charge is -2.06. The van der Waals surface area contributed by atoms with Gasteiger partial charge < -0.3 is 4.98 Å². The number of aromatic amines is 1. The molecular weight excluding hydrogens is 327 g/mol. The van der Waals surface area contributed by atoms with Crippen molar-refractivity contribution in [1.29, 1.82) is 0 Å². The molecule has 0 spiro atoms. The number of aromatic nitrogens is 2. The number of hydrogen-bond acceptors (Lipinski definition) is 2. The molecule has 88 valence electrons. The van der Waals surface area contributed by atoms with Crippen molar-refractivity contribution in [3.63, 3.8) is 0 Å². The summed E-state index contributed by atoms with van der Waals surface area (Å²) in [6, 6.07) is 5.18. The molecule has 0 saturated carbocycles. The molecule has 1 aromatic heterocycles. The van der Waals surface area contributed by atoms with E-state index in [1.165, 1.54) is 0 Å². The van der Waals surface area contributed by atoms with Gasteiger partial charge in [-0.1, -0.05) is 29.3 Å². The van der Waals surface area contributed by atoms with Crippen molar-refractivity contribution >= 4 is 39.1 Å². The second kappa shape index (κ2) is 4.80. The third-order valence-electron chi connectivity index (χ3n) is 2.24. The van der Waals surface area contributed by atoms with Crippen LogP contribution in [0.5, 0.6) is 0 Å². The van der Waals surface area contributed by atoms with Crippen LogP contribution in [-0.4, -0.2) is 9.97 Å². The van der Waals surface area contributed by atoms with Crippen molar-refractivity contribution < 1.29 is 0 Å². The van der Waals surface area contributed by atoms with E-state index in [1.54, 1.807) is 25.1 Å². The van der Waals surface area contributed by atoms with Gasteiger partial charge >= 0.3 is 0 Å². The molecule has 3 nitrogen and oxygen atoms in total. The first kappa shape index (κ1) is 12.6. The summed E-state index contributed by atoms with van der Waals surface area (Å²) in [6.07, 6.45) is 0. The minimum atomic E-state index is -0.247. The summed E-state index contributed by atoms with van der Waals surface area (Å²) in [5, 5.41) is 0.798. The van der Waals surface area contributed by atoms with Crippen molar-refractivity contribution in [1.82, 2.24) is 9.97 Å². The van der Waals surface area contributed by atoms with Crippen LogP contribution in [0.2, 0.25) is 10.0 Å². The van der Waals surface area contributed by atoms with Gasteiger partial charge in [0.05, 0.1) is 15.7 Å². The molecule has 0 bridgehead atoms. The highest BCUT2D eigenvalue weighted by atomic mass is 79.9. The summed E-state index contributed by atoms with van der Waals surface area (Å²) in [5.74, 6) is 0.406. The van der Waals surface area contributed by atoms with Gasteiger partial charge in [-0.25, -0.2) is 4.98 Å². The fourth-order valence-electron chi connectivity index (χ4n) is 1.39. The molecule has 0 aliphatic heterocycles. The van der Waals surface area contributed by atoms with E-state index in [-0.39, 0.29) is 5.56 Å². The van der Waals surface area contributed by atoms with Crippen LogP contribution in [0.4, 0.5) is 0 Å². The molecule has 2 rings (SSSR count). The van der Waals surface area contributed by atoms with E-state index in [0.717, 1.165) is 0 Å². The number of rotatable bonds is 1. The average molecular weight is 334 g/mol. The Labute approximate surface area is 116 Å². The van der Waals surface area contributed by atoms with Crippen molar-refractivity contribution in [3.8, 4) is 11.4 Å². The summed E-state index contributed by atoms with van der Waals surface area (Å²) < 4.78 is 0.416. The Morgan fingerprint density at radius 2 is 2.06 bits per heavy atom. The summed E-state index contributed by atoms with van der Waals surface area (Å²) in [7, 11) is 0. The largest absolute Gasteiger partial charge is 0.305 e. The number of aryl methyl sites for hydroxylation is 1. The molecule has 0 fully saturated rings. The topological polar surface area (TPSA) is 45.8 Å². The standard InChI is InChI=1S/C11H7BrCl2N2O/c1-5-8(12)11(17)16-10(15-5)6-3-2-4-7(13)9(6)14/h2-4H,1H3,(H,15,16,17). The maximum absolute atomic E-state index is 11.6. The van der Waals surface area contributed by atoms with Gasteiger partial charge in [-0.3, -0.25) is 4.79 Å². The third kappa shape index (κ3) is 2.39. The maximum Gasteiger partial charge on any atom is 0.265 e. The van der Waals surface area contributed by atoms with Crippen molar-refractivity contribution in [2.24, 2.45) is 0 Å². The van der Waals surface area contributed by atoms with Gasteiger partial charge in [-0.15, -0.1) is 0 Å². The number of H-pyrrole nitrogens is 1. The van der Waals surface area contributed by atoms with Crippen LogP contribution in [0.25, 0.3) is 11.4 Å². The first-order chi connectivity index (χ1) is 8.00. The normalized spacial score (nSPS) is 10.6. The molecular formula is C11H7BrCl2N2O. The Balaban J connectivity index is 2.70. The second-order valence-electron chi connectivity index (χ2n) is 3.42. The highest BCUT2D eigenvalue weighted by Gasteiger charge is 2.11. The third-order valence-corrected chi connectivity index (χ3v) is 3.99. The summed E-state index contributed by atoms with van der Waals surface area (Å²) in [6.45, 7) is 1.74. The molecule has 1 heterocycles. The second-order valence-corrected chi connectivity index (χ2v) is 4.99. The maximum atomic E-state index is 11.6. The van der Waals surface area contributed by atoms with Crippen LogP contribution in [-0.2, 0) is 0 Å². The first-order valence-corrected chi connectivity index (χ1v) is 6.26. The minimum Gasteiger partial charge on any atom is -0.305 e. The van der Waals surface area contributed by atoms with E-state index < -0.39 is 0 Å². The molecule has 0 amide bonds. The summed E-state index contributed by atoms with van der Waals surface area (Å²) in [5.41, 5.74) is 0.954. The van der Waals surface area contributed by atoms with Gasteiger partial charge in [-0.05, 0) is 35.0 Å². The SMILES string of the molecule is Cc1nc(-c2cccc(Cl)c2Cl)[nH]c(=O)c1Br. The van der Waals surface area contributed by atoms with Gasteiger partial charge in [-0.2, -0.15) is 0 Å². The van der Waals surface area contributed by atoms with Gasteiger partial charge in [0.2, 0.25) is 0 Å². The lowest BCUT2D eigenvalue weighted by Crippen LogP contribution is -2.12. The molecule has 6 heteroatoms. The highest BCUT2D eigenvalue weighted by Crippen LogP contribution is 2.31. The quantitative estimate of drug-likeness (QED) is 0.862. The monoisotopic (exact) mass is 332 g/mol. The van der Waals surface area contributed by atoms with Crippen LogP contribution in [0.15, 0.2) is 27.5 Å². The van der Waals surface area contributed by atoms with Crippen LogP contribution in [0, 0.1) is 6.92 Å². The van der Waals surface area contributed by atoms with E-state index in [1.807, 2.05) is 0 Å². The van der Waals surface area contributed by atoms with Crippen LogP contribution in [0.3, 0.4) is 0 Å².